The third-order valence-corrected chi connectivity index (χ3v) is 10.5. The van der Waals surface area contributed by atoms with Crippen molar-refractivity contribution >= 4 is 34.6 Å². The Morgan fingerprint density at radius 3 is 2.46 bits per heavy atom. The normalized spacial score (nSPS) is 17.4. The molecule has 2 aliphatic carbocycles. The first kappa shape index (κ1) is 30.0. The summed E-state index contributed by atoms with van der Waals surface area (Å²) in [6.07, 6.45) is 11.1. The molecular weight excluding hydrogens is 576 g/mol. The van der Waals surface area contributed by atoms with Crippen LogP contribution in [0, 0.1) is 0 Å². The maximum atomic E-state index is 14.2. The van der Waals surface area contributed by atoms with Gasteiger partial charge in [0.2, 0.25) is 0 Å². The van der Waals surface area contributed by atoms with Crippen LogP contribution in [0.1, 0.15) is 84.3 Å². The lowest BCUT2D eigenvalue weighted by Gasteiger charge is -2.47. The molecular formula is C39H40N2O5. The van der Waals surface area contributed by atoms with E-state index in [0.717, 1.165) is 40.5 Å². The van der Waals surface area contributed by atoms with Crippen molar-refractivity contribution in [1.29, 1.82) is 0 Å². The van der Waals surface area contributed by atoms with Crippen molar-refractivity contribution in [1.82, 2.24) is 9.47 Å². The lowest BCUT2D eigenvalue weighted by molar-refractivity contribution is -0.133. The number of fused-ring (bicyclic) bond motifs is 5. The highest BCUT2D eigenvalue weighted by molar-refractivity contribution is 6.04. The van der Waals surface area contributed by atoms with Crippen molar-refractivity contribution in [2.75, 3.05) is 13.7 Å². The lowest BCUT2D eigenvalue weighted by atomic mass is 9.70. The largest absolute Gasteiger partial charge is 0.491 e. The van der Waals surface area contributed by atoms with Crippen LogP contribution in [0.2, 0.25) is 0 Å². The molecule has 3 aromatic carbocycles. The van der Waals surface area contributed by atoms with Crippen LogP contribution in [0.25, 0.3) is 28.2 Å². The standard InChI is InChI=1S/C39H40N2O5/c1-40(39(20-7-21-39)34(42)24-27-14-12-26(13-15-27)16-19-35(43)44)38(45)29-17-18-30-32(25-29)41-22-23-46-33-11-6-5-10-31(33)37(41)36(30)28-8-3-2-4-9-28/h5-6,10-19,25,28H,2-4,7-9,20-24H2,1H3,(H,43,44)/b19-16+. The number of carbonyl (C=O) groups excluding carboxylic acids is 2. The average molecular weight is 617 g/mol. The van der Waals surface area contributed by atoms with E-state index in [1.807, 2.05) is 42.5 Å². The molecule has 7 nitrogen and oxygen atoms in total. The average Bonchev–Trinajstić information content (AvgIpc) is 3.24. The predicted molar refractivity (Wildman–Crippen MR) is 179 cm³/mol. The van der Waals surface area contributed by atoms with Crippen LogP contribution in [-0.4, -0.2) is 51.4 Å². The van der Waals surface area contributed by atoms with Gasteiger partial charge in [-0.1, -0.05) is 61.7 Å². The van der Waals surface area contributed by atoms with Crippen molar-refractivity contribution in [2.45, 2.75) is 75.8 Å². The Hall–Kier alpha value is -4.65. The van der Waals surface area contributed by atoms with E-state index < -0.39 is 11.5 Å². The molecule has 0 atom stereocenters. The number of hydrogen-bond donors (Lipinski definition) is 1. The number of carboxylic acid groups (broad SMARTS) is 1. The Balaban J connectivity index is 1.20. The number of likely N-dealkylation sites (N-methyl/N-ethyl adjacent to an activating group) is 1. The molecule has 46 heavy (non-hydrogen) atoms. The minimum absolute atomic E-state index is 0.0365. The maximum Gasteiger partial charge on any atom is 0.328 e. The lowest BCUT2D eigenvalue weighted by Crippen LogP contribution is -2.60. The van der Waals surface area contributed by atoms with Crippen molar-refractivity contribution in [3.63, 3.8) is 0 Å². The van der Waals surface area contributed by atoms with Gasteiger partial charge in [-0.2, -0.15) is 0 Å². The number of hydrogen-bond acceptors (Lipinski definition) is 4. The third-order valence-electron chi connectivity index (χ3n) is 10.5. The molecule has 7 rings (SSSR count). The molecule has 7 heteroatoms. The van der Waals surface area contributed by atoms with Crippen LogP contribution in [0.15, 0.2) is 72.8 Å². The van der Waals surface area contributed by atoms with Crippen molar-refractivity contribution in [3.05, 3.63) is 95.1 Å². The monoisotopic (exact) mass is 616 g/mol. The number of carbonyl (C=O) groups is 3. The second-order valence-electron chi connectivity index (χ2n) is 13.1. The van der Waals surface area contributed by atoms with Crippen molar-refractivity contribution in [2.24, 2.45) is 0 Å². The van der Waals surface area contributed by atoms with Gasteiger partial charge in [0.15, 0.2) is 5.78 Å². The van der Waals surface area contributed by atoms with E-state index in [-0.39, 0.29) is 18.1 Å². The Labute approximate surface area is 269 Å². The van der Waals surface area contributed by atoms with E-state index in [4.69, 9.17) is 9.84 Å². The second-order valence-corrected chi connectivity index (χ2v) is 13.1. The van der Waals surface area contributed by atoms with Gasteiger partial charge < -0.3 is 19.3 Å². The molecule has 2 fully saturated rings. The van der Waals surface area contributed by atoms with E-state index in [9.17, 15) is 14.4 Å². The molecule has 1 amide bonds. The molecule has 0 saturated heterocycles. The quantitative estimate of drug-likeness (QED) is 0.206. The van der Waals surface area contributed by atoms with Gasteiger partial charge in [0.25, 0.3) is 5.91 Å². The summed E-state index contributed by atoms with van der Waals surface area (Å²) < 4.78 is 8.57. The third kappa shape index (κ3) is 5.31. The van der Waals surface area contributed by atoms with Crippen molar-refractivity contribution < 1.29 is 24.2 Å². The summed E-state index contributed by atoms with van der Waals surface area (Å²) in [7, 11) is 1.78. The number of ketones is 1. The number of amides is 1. The topological polar surface area (TPSA) is 88.8 Å². The molecule has 0 bridgehead atoms. The van der Waals surface area contributed by atoms with Crippen molar-refractivity contribution in [3.8, 4) is 17.0 Å². The van der Waals surface area contributed by atoms with Gasteiger partial charge in [-0.3, -0.25) is 9.59 Å². The van der Waals surface area contributed by atoms with Gasteiger partial charge in [-0.25, -0.2) is 4.79 Å². The van der Waals surface area contributed by atoms with Gasteiger partial charge in [-0.15, -0.1) is 0 Å². The summed E-state index contributed by atoms with van der Waals surface area (Å²) in [5.41, 5.74) is 6.15. The van der Waals surface area contributed by atoms with Gasteiger partial charge in [0.1, 0.15) is 17.9 Å². The Morgan fingerprint density at radius 2 is 1.74 bits per heavy atom. The summed E-state index contributed by atoms with van der Waals surface area (Å²) in [4.78, 5) is 40.5. The van der Waals surface area contributed by atoms with Gasteiger partial charge in [0.05, 0.1) is 12.2 Å². The number of Topliss-reactive ketones (excluding diaryl/α,β-unsaturated/α-hetero) is 1. The first-order valence-corrected chi connectivity index (χ1v) is 16.6. The molecule has 1 aromatic heterocycles. The summed E-state index contributed by atoms with van der Waals surface area (Å²) in [6, 6.07) is 21.8. The predicted octanol–water partition coefficient (Wildman–Crippen LogP) is 7.65. The zero-order chi connectivity index (χ0) is 31.8. The Bertz CT molecular complexity index is 1840. The molecule has 4 aromatic rings. The first-order valence-electron chi connectivity index (χ1n) is 16.6. The zero-order valence-corrected chi connectivity index (χ0v) is 26.3. The molecule has 1 N–H and O–H groups in total. The summed E-state index contributed by atoms with van der Waals surface area (Å²) in [6.45, 7) is 1.26. The minimum atomic E-state index is -1.01. The highest BCUT2D eigenvalue weighted by Gasteiger charge is 2.49. The molecule has 3 aliphatic rings. The number of aromatic nitrogens is 1. The summed E-state index contributed by atoms with van der Waals surface area (Å²) in [5.74, 6) is 0.280. The van der Waals surface area contributed by atoms with E-state index in [2.05, 4.69) is 28.8 Å². The molecule has 0 radical (unpaired) electrons. The fourth-order valence-corrected chi connectivity index (χ4v) is 7.84. The zero-order valence-electron chi connectivity index (χ0n) is 26.3. The van der Waals surface area contributed by atoms with Crippen LogP contribution >= 0.6 is 0 Å². The first-order chi connectivity index (χ1) is 22.4. The van der Waals surface area contributed by atoms with Crippen LogP contribution in [-0.2, 0) is 22.6 Å². The summed E-state index contributed by atoms with van der Waals surface area (Å²) >= 11 is 0. The second kappa shape index (κ2) is 12.3. The molecule has 2 saturated carbocycles. The Morgan fingerprint density at radius 1 is 0.978 bits per heavy atom. The number of aliphatic carboxylic acids is 1. The highest BCUT2D eigenvalue weighted by atomic mass is 16.5. The number of para-hydroxylation sites is 1. The molecule has 236 valence electrons. The number of nitrogens with zero attached hydrogens (tertiary/aromatic N) is 2. The Kier molecular flexibility index (Phi) is 8.01. The SMILES string of the molecule is CN(C(=O)c1ccc2c(C3CCCCC3)c3n(c2c1)CCOc1ccccc1-3)C1(C(=O)Cc2ccc(/C=C/C(=O)O)cc2)CCC1. The summed E-state index contributed by atoms with van der Waals surface area (Å²) in [5, 5.41) is 10.1. The minimum Gasteiger partial charge on any atom is -0.491 e. The maximum absolute atomic E-state index is 14.2. The van der Waals surface area contributed by atoms with Crippen LogP contribution < -0.4 is 4.74 Å². The van der Waals surface area contributed by atoms with Gasteiger partial charge in [0, 0.05) is 41.6 Å². The number of rotatable bonds is 8. The van der Waals surface area contributed by atoms with E-state index in [1.165, 1.54) is 54.8 Å². The van der Waals surface area contributed by atoms with Crippen LogP contribution in [0.5, 0.6) is 5.75 Å². The smallest absolute Gasteiger partial charge is 0.328 e. The molecule has 0 unspecified atom stereocenters. The molecule has 0 spiro atoms. The number of ether oxygens (including phenoxy) is 1. The fourth-order valence-electron chi connectivity index (χ4n) is 7.84. The number of carboxylic acids is 1. The van der Waals surface area contributed by atoms with Crippen LogP contribution in [0.4, 0.5) is 0 Å². The van der Waals surface area contributed by atoms with Crippen LogP contribution in [0.3, 0.4) is 0 Å². The molecule has 2 heterocycles. The van der Waals surface area contributed by atoms with E-state index >= 15 is 0 Å². The number of benzene rings is 3. The fraction of sp³-hybridized carbons (Fsp3) is 0.359. The highest BCUT2D eigenvalue weighted by Crippen LogP contribution is 2.47. The van der Waals surface area contributed by atoms with Gasteiger partial charge in [-0.05, 0) is 85.1 Å². The van der Waals surface area contributed by atoms with Gasteiger partial charge >= 0.3 is 5.97 Å². The molecule has 1 aliphatic heterocycles. The van der Waals surface area contributed by atoms with E-state index in [1.54, 1.807) is 11.9 Å². The van der Waals surface area contributed by atoms with E-state index in [0.29, 0.717) is 37.5 Å².